The van der Waals surface area contributed by atoms with Crippen molar-refractivity contribution in [2.24, 2.45) is 0 Å². The second kappa shape index (κ2) is 13.1. The Morgan fingerprint density at radius 3 is 1.35 bits per heavy atom. The maximum atomic E-state index is 3.89. The SMILES string of the molecule is CCCCCCCCC1Cc2cc(Br)cc3c2-c2c(cc(Br)cc21)CC3CCCCCCCC. The van der Waals surface area contributed by atoms with E-state index in [9.17, 15) is 0 Å². The van der Waals surface area contributed by atoms with Crippen molar-refractivity contribution in [2.75, 3.05) is 0 Å². The third-order valence-corrected chi connectivity index (χ3v) is 9.22. The standard InChI is InChI=1S/C32H44Br2/c1-3-5-7-9-11-13-15-23-17-25-19-28(34)22-30-24(16-14-12-10-8-6-4-2)18-26-20-27(33)21-29(23)31(26)32(25)30/h19-24H,3-18H2,1-2H3. The molecule has 0 bridgehead atoms. The van der Waals surface area contributed by atoms with Crippen LogP contribution in [0.1, 0.15) is 138 Å². The van der Waals surface area contributed by atoms with E-state index in [2.05, 4.69) is 70.0 Å². The number of benzene rings is 2. The Morgan fingerprint density at radius 1 is 0.559 bits per heavy atom. The summed E-state index contributed by atoms with van der Waals surface area (Å²) in [5.41, 5.74) is 9.69. The molecular weight excluding hydrogens is 544 g/mol. The number of hydrogen-bond donors (Lipinski definition) is 0. The molecule has 2 unspecified atom stereocenters. The van der Waals surface area contributed by atoms with E-state index >= 15 is 0 Å². The van der Waals surface area contributed by atoms with Crippen LogP contribution in [0, 0.1) is 0 Å². The molecule has 0 aliphatic heterocycles. The van der Waals surface area contributed by atoms with Crippen LogP contribution in [-0.2, 0) is 12.8 Å². The number of halogens is 2. The van der Waals surface area contributed by atoms with Gasteiger partial charge in [-0.2, -0.15) is 0 Å². The van der Waals surface area contributed by atoms with Gasteiger partial charge >= 0.3 is 0 Å². The van der Waals surface area contributed by atoms with Crippen LogP contribution in [0.3, 0.4) is 0 Å². The molecule has 2 atom stereocenters. The Balaban J connectivity index is 1.53. The first-order chi connectivity index (χ1) is 16.6. The van der Waals surface area contributed by atoms with Crippen molar-refractivity contribution >= 4 is 31.9 Å². The lowest BCUT2D eigenvalue weighted by molar-refractivity contribution is 0.521. The molecule has 2 aliphatic rings. The average Bonchev–Trinajstić information content (AvgIpc) is 2.81. The minimum atomic E-state index is 0.669. The maximum absolute atomic E-state index is 3.89. The Morgan fingerprint density at radius 2 is 0.941 bits per heavy atom. The monoisotopic (exact) mass is 586 g/mol. The first kappa shape index (κ1) is 26.5. The quantitative estimate of drug-likeness (QED) is 0.193. The molecule has 0 nitrogen and oxygen atoms in total. The van der Waals surface area contributed by atoms with Crippen molar-refractivity contribution in [1.82, 2.24) is 0 Å². The van der Waals surface area contributed by atoms with Crippen LogP contribution >= 0.6 is 31.9 Å². The van der Waals surface area contributed by atoms with Gasteiger partial charge in [0.15, 0.2) is 0 Å². The van der Waals surface area contributed by atoms with Gasteiger partial charge in [-0.05, 0) is 95.2 Å². The van der Waals surface area contributed by atoms with E-state index in [1.54, 1.807) is 33.4 Å². The lowest BCUT2D eigenvalue weighted by Gasteiger charge is -2.37. The molecule has 0 saturated heterocycles. The fraction of sp³-hybridized carbons (Fsp3) is 0.625. The molecule has 2 aliphatic carbocycles. The zero-order chi connectivity index (χ0) is 23.9. The largest absolute Gasteiger partial charge is 0.0654 e. The molecule has 2 heteroatoms. The van der Waals surface area contributed by atoms with Crippen LogP contribution < -0.4 is 0 Å². The molecule has 2 aromatic rings. The average molecular weight is 589 g/mol. The summed E-state index contributed by atoms with van der Waals surface area (Å²) in [6, 6.07) is 9.80. The smallest absolute Gasteiger partial charge is 0.0181 e. The summed E-state index contributed by atoms with van der Waals surface area (Å²) < 4.78 is 2.58. The van der Waals surface area contributed by atoms with Crippen LogP contribution in [0.25, 0.3) is 11.1 Å². The van der Waals surface area contributed by atoms with Crippen LogP contribution in [0.2, 0.25) is 0 Å². The zero-order valence-electron chi connectivity index (χ0n) is 21.5. The molecule has 0 amide bonds. The van der Waals surface area contributed by atoms with Gasteiger partial charge in [-0.3, -0.25) is 0 Å². The van der Waals surface area contributed by atoms with Gasteiger partial charge in [-0.15, -0.1) is 0 Å². The molecule has 4 rings (SSSR count). The summed E-state index contributed by atoms with van der Waals surface area (Å²) in [6.07, 6.45) is 21.7. The minimum absolute atomic E-state index is 0.669. The highest BCUT2D eigenvalue weighted by atomic mass is 79.9. The van der Waals surface area contributed by atoms with Gasteiger partial charge in [0.1, 0.15) is 0 Å². The van der Waals surface area contributed by atoms with Crippen molar-refractivity contribution in [3.63, 3.8) is 0 Å². The second-order valence-corrected chi connectivity index (χ2v) is 12.8. The van der Waals surface area contributed by atoms with E-state index in [0.29, 0.717) is 11.8 Å². The van der Waals surface area contributed by atoms with Gasteiger partial charge in [0.25, 0.3) is 0 Å². The van der Waals surface area contributed by atoms with Crippen LogP contribution in [0.5, 0.6) is 0 Å². The first-order valence-corrected chi connectivity index (χ1v) is 15.9. The van der Waals surface area contributed by atoms with E-state index in [0.717, 1.165) is 0 Å². The Bertz CT molecular complexity index is 867. The van der Waals surface area contributed by atoms with Crippen molar-refractivity contribution in [3.8, 4) is 11.1 Å². The summed E-state index contributed by atoms with van der Waals surface area (Å²) in [6.45, 7) is 4.61. The number of hydrogen-bond acceptors (Lipinski definition) is 0. The van der Waals surface area contributed by atoms with Crippen molar-refractivity contribution < 1.29 is 0 Å². The normalized spacial score (nSPS) is 18.2. The molecule has 0 aromatic heterocycles. The van der Waals surface area contributed by atoms with Crippen LogP contribution in [0.15, 0.2) is 33.2 Å². The third-order valence-electron chi connectivity index (χ3n) is 8.31. The Hall–Kier alpha value is -0.600. The minimum Gasteiger partial charge on any atom is -0.0654 e. The zero-order valence-corrected chi connectivity index (χ0v) is 24.7. The summed E-state index contributed by atoms with van der Waals surface area (Å²) >= 11 is 7.78. The van der Waals surface area contributed by atoms with Crippen molar-refractivity contribution in [1.29, 1.82) is 0 Å². The summed E-state index contributed by atoms with van der Waals surface area (Å²) in [7, 11) is 0. The molecule has 2 aromatic carbocycles. The highest BCUT2D eigenvalue weighted by Gasteiger charge is 2.34. The van der Waals surface area contributed by atoms with E-state index in [1.165, 1.54) is 112 Å². The lowest BCUT2D eigenvalue weighted by atomic mass is 9.67. The molecular formula is C32H44Br2. The van der Waals surface area contributed by atoms with E-state index in [-0.39, 0.29) is 0 Å². The van der Waals surface area contributed by atoms with Gasteiger partial charge < -0.3 is 0 Å². The van der Waals surface area contributed by atoms with E-state index in [4.69, 9.17) is 0 Å². The summed E-state index contributed by atoms with van der Waals surface area (Å²) in [5, 5.41) is 0. The maximum Gasteiger partial charge on any atom is 0.0181 e. The molecule has 0 fully saturated rings. The summed E-state index contributed by atoms with van der Waals surface area (Å²) in [4.78, 5) is 0. The molecule has 186 valence electrons. The van der Waals surface area contributed by atoms with Crippen molar-refractivity contribution in [3.05, 3.63) is 55.5 Å². The Labute approximate surface area is 226 Å². The second-order valence-electron chi connectivity index (χ2n) is 11.0. The lowest BCUT2D eigenvalue weighted by Crippen LogP contribution is -2.21. The fourth-order valence-corrected chi connectivity index (χ4v) is 7.60. The number of rotatable bonds is 14. The van der Waals surface area contributed by atoms with Crippen LogP contribution in [0.4, 0.5) is 0 Å². The molecule has 0 saturated carbocycles. The predicted octanol–water partition coefficient (Wildman–Crippen LogP) is 11.7. The third kappa shape index (κ3) is 6.39. The molecule has 0 spiro atoms. The van der Waals surface area contributed by atoms with Gasteiger partial charge in [0.2, 0.25) is 0 Å². The van der Waals surface area contributed by atoms with Crippen LogP contribution in [-0.4, -0.2) is 0 Å². The molecule has 0 radical (unpaired) electrons. The molecule has 34 heavy (non-hydrogen) atoms. The number of unbranched alkanes of at least 4 members (excludes halogenated alkanes) is 10. The fourth-order valence-electron chi connectivity index (χ4n) is 6.56. The highest BCUT2D eigenvalue weighted by Crippen LogP contribution is 2.52. The molecule has 0 N–H and O–H groups in total. The van der Waals surface area contributed by atoms with Crippen molar-refractivity contribution in [2.45, 2.75) is 128 Å². The van der Waals surface area contributed by atoms with Gasteiger partial charge in [0.05, 0.1) is 0 Å². The first-order valence-electron chi connectivity index (χ1n) is 14.3. The van der Waals surface area contributed by atoms with Gasteiger partial charge in [0, 0.05) is 8.95 Å². The summed E-state index contributed by atoms with van der Waals surface area (Å²) in [5.74, 6) is 1.34. The predicted molar refractivity (Wildman–Crippen MR) is 156 cm³/mol. The highest BCUT2D eigenvalue weighted by molar-refractivity contribution is 9.10. The van der Waals surface area contributed by atoms with E-state index < -0.39 is 0 Å². The topological polar surface area (TPSA) is 0 Å². The molecule has 0 heterocycles. The van der Waals surface area contributed by atoms with E-state index in [1.807, 2.05) is 0 Å². The van der Waals surface area contributed by atoms with Gasteiger partial charge in [-0.1, -0.05) is 123 Å². The Kier molecular flexibility index (Phi) is 10.2. The van der Waals surface area contributed by atoms with Gasteiger partial charge in [-0.25, -0.2) is 0 Å².